The zero-order valence-corrected chi connectivity index (χ0v) is 14.7. The van der Waals surface area contributed by atoms with E-state index in [2.05, 4.69) is 0 Å². The minimum atomic E-state index is -0.301. The van der Waals surface area contributed by atoms with Crippen LogP contribution in [0.5, 0.6) is 5.75 Å². The van der Waals surface area contributed by atoms with Gasteiger partial charge in [-0.05, 0) is 43.5 Å². The molecule has 6 nitrogen and oxygen atoms in total. The molecule has 0 bridgehead atoms. The third kappa shape index (κ3) is 4.19. The van der Waals surface area contributed by atoms with Crippen molar-refractivity contribution in [3.05, 3.63) is 29.3 Å². The molecule has 0 aromatic heterocycles. The zero-order valence-electron chi connectivity index (χ0n) is 14.7. The lowest BCUT2D eigenvalue weighted by Gasteiger charge is -2.22. The minimum absolute atomic E-state index is 0.00179. The first-order chi connectivity index (χ1) is 11.6. The van der Waals surface area contributed by atoms with Crippen LogP contribution in [0, 0.1) is 0 Å². The summed E-state index contributed by atoms with van der Waals surface area (Å²) in [6.07, 6.45) is 1.26. The van der Waals surface area contributed by atoms with Gasteiger partial charge in [-0.2, -0.15) is 0 Å². The van der Waals surface area contributed by atoms with E-state index in [9.17, 15) is 9.59 Å². The molecule has 1 aromatic rings. The maximum Gasteiger partial charge on any atom is 0.409 e. The third-order valence-electron chi connectivity index (χ3n) is 4.22. The molecule has 0 radical (unpaired) electrons. The molecule has 1 fully saturated rings. The smallest absolute Gasteiger partial charge is 0.409 e. The van der Waals surface area contributed by atoms with Crippen molar-refractivity contribution >= 4 is 12.0 Å². The van der Waals surface area contributed by atoms with Crippen molar-refractivity contribution in [1.82, 2.24) is 9.80 Å². The topological polar surface area (TPSA) is 59.1 Å². The summed E-state index contributed by atoms with van der Waals surface area (Å²) in [6.45, 7) is 6.47. The zero-order chi connectivity index (χ0) is 17.5. The molecule has 0 atom stereocenters. The lowest BCUT2D eigenvalue weighted by Crippen LogP contribution is -2.37. The number of rotatable bonds is 4. The SMILES string of the molecule is CCOC(=O)N1CCCN(C(=O)c2ccc(OC)c(CC)c2)CC1. The number of carbonyl (C=O) groups is 2. The molecule has 2 rings (SSSR count). The molecule has 0 saturated carbocycles. The Balaban J connectivity index is 2.06. The van der Waals surface area contributed by atoms with Crippen LogP contribution in [0.4, 0.5) is 4.79 Å². The molecule has 1 aromatic carbocycles. The number of hydrogen-bond acceptors (Lipinski definition) is 4. The molecule has 6 heteroatoms. The van der Waals surface area contributed by atoms with E-state index < -0.39 is 0 Å². The monoisotopic (exact) mass is 334 g/mol. The van der Waals surface area contributed by atoms with Gasteiger partial charge in [0.15, 0.2) is 0 Å². The van der Waals surface area contributed by atoms with Gasteiger partial charge in [-0.3, -0.25) is 4.79 Å². The number of nitrogens with zero attached hydrogens (tertiary/aromatic N) is 2. The van der Waals surface area contributed by atoms with Gasteiger partial charge in [0, 0.05) is 31.7 Å². The molecule has 0 unspecified atom stereocenters. The highest BCUT2D eigenvalue weighted by Crippen LogP contribution is 2.21. The van der Waals surface area contributed by atoms with E-state index in [1.807, 2.05) is 19.1 Å². The normalized spacial score (nSPS) is 15.0. The van der Waals surface area contributed by atoms with E-state index in [1.54, 1.807) is 29.9 Å². The maximum absolute atomic E-state index is 12.8. The molecule has 24 heavy (non-hydrogen) atoms. The first-order valence-corrected chi connectivity index (χ1v) is 8.48. The number of aryl methyl sites for hydroxylation is 1. The molecule has 2 amide bonds. The number of amides is 2. The fraction of sp³-hybridized carbons (Fsp3) is 0.556. The van der Waals surface area contributed by atoms with Crippen molar-refractivity contribution in [2.45, 2.75) is 26.7 Å². The second-order valence-corrected chi connectivity index (χ2v) is 5.71. The summed E-state index contributed by atoms with van der Waals surface area (Å²) in [4.78, 5) is 28.1. The van der Waals surface area contributed by atoms with Crippen LogP contribution in [0.3, 0.4) is 0 Å². The summed E-state index contributed by atoms with van der Waals surface area (Å²) in [7, 11) is 1.63. The Morgan fingerprint density at radius 3 is 2.46 bits per heavy atom. The largest absolute Gasteiger partial charge is 0.496 e. The van der Waals surface area contributed by atoms with Gasteiger partial charge in [-0.1, -0.05) is 6.92 Å². The van der Waals surface area contributed by atoms with Crippen LogP contribution in [0.1, 0.15) is 36.2 Å². The predicted molar refractivity (Wildman–Crippen MR) is 91.5 cm³/mol. The van der Waals surface area contributed by atoms with Gasteiger partial charge in [-0.25, -0.2) is 4.79 Å². The van der Waals surface area contributed by atoms with Crippen LogP contribution in [-0.4, -0.2) is 61.7 Å². The molecular weight excluding hydrogens is 308 g/mol. The summed E-state index contributed by atoms with van der Waals surface area (Å²) in [5, 5.41) is 0. The van der Waals surface area contributed by atoms with Crippen LogP contribution in [0.15, 0.2) is 18.2 Å². The Morgan fingerprint density at radius 2 is 1.79 bits per heavy atom. The van der Waals surface area contributed by atoms with Crippen molar-refractivity contribution in [3.63, 3.8) is 0 Å². The Hall–Kier alpha value is -2.24. The van der Waals surface area contributed by atoms with E-state index in [-0.39, 0.29) is 12.0 Å². The van der Waals surface area contributed by atoms with E-state index in [0.29, 0.717) is 38.3 Å². The quantitative estimate of drug-likeness (QED) is 0.849. The van der Waals surface area contributed by atoms with Crippen molar-refractivity contribution in [2.75, 3.05) is 39.9 Å². The minimum Gasteiger partial charge on any atom is -0.496 e. The highest BCUT2D eigenvalue weighted by Gasteiger charge is 2.23. The van der Waals surface area contributed by atoms with Crippen molar-refractivity contribution < 1.29 is 19.1 Å². The number of methoxy groups -OCH3 is 1. The highest BCUT2D eigenvalue weighted by molar-refractivity contribution is 5.94. The molecule has 0 aliphatic carbocycles. The first-order valence-electron chi connectivity index (χ1n) is 8.48. The van der Waals surface area contributed by atoms with Crippen molar-refractivity contribution in [2.24, 2.45) is 0 Å². The van der Waals surface area contributed by atoms with Gasteiger partial charge in [0.25, 0.3) is 5.91 Å². The van der Waals surface area contributed by atoms with Crippen LogP contribution >= 0.6 is 0 Å². The van der Waals surface area contributed by atoms with Gasteiger partial charge >= 0.3 is 6.09 Å². The fourth-order valence-electron chi connectivity index (χ4n) is 2.89. The third-order valence-corrected chi connectivity index (χ3v) is 4.22. The summed E-state index contributed by atoms with van der Waals surface area (Å²) < 4.78 is 10.4. The summed E-state index contributed by atoms with van der Waals surface area (Å²) in [5.74, 6) is 0.802. The van der Waals surface area contributed by atoms with Gasteiger partial charge in [-0.15, -0.1) is 0 Å². The van der Waals surface area contributed by atoms with Crippen LogP contribution in [0.25, 0.3) is 0 Å². The van der Waals surface area contributed by atoms with Crippen LogP contribution in [-0.2, 0) is 11.2 Å². The second kappa shape index (κ2) is 8.57. The maximum atomic E-state index is 12.8. The Kier molecular flexibility index (Phi) is 6.46. The number of hydrogen-bond donors (Lipinski definition) is 0. The summed E-state index contributed by atoms with van der Waals surface area (Å²) >= 11 is 0. The Morgan fingerprint density at radius 1 is 1.08 bits per heavy atom. The number of ether oxygens (including phenoxy) is 2. The van der Waals surface area contributed by atoms with Gasteiger partial charge in [0.05, 0.1) is 13.7 Å². The average Bonchev–Trinajstić information content (AvgIpc) is 2.86. The van der Waals surface area contributed by atoms with Gasteiger partial charge in [0.2, 0.25) is 0 Å². The number of carbonyl (C=O) groups excluding carboxylic acids is 2. The Labute approximate surface area is 143 Å². The first kappa shape index (κ1) is 18.1. The highest BCUT2D eigenvalue weighted by atomic mass is 16.6. The fourth-order valence-corrected chi connectivity index (χ4v) is 2.89. The number of benzene rings is 1. The molecule has 1 saturated heterocycles. The van der Waals surface area contributed by atoms with Crippen LogP contribution < -0.4 is 4.74 Å². The predicted octanol–water partition coefficient (Wildman–Crippen LogP) is 2.56. The standard InChI is InChI=1S/C18H26N2O4/c1-4-14-13-15(7-8-16(14)23-3)17(21)19-9-6-10-20(12-11-19)18(22)24-5-2/h7-8,13H,4-6,9-12H2,1-3H3. The average molecular weight is 334 g/mol. The molecule has 1 aliphatic heterocycles. The summed E-state index contributed by atoms with van der Waals surface area (Å²) in [6, 6.07) is 5.54. The lowest BCUT2D eigenvalue weighted by atomic mass is 10.1. The second-order valence-electron chi connectivity index (χ2n) is 5.71. The van der Waals surface area contributed by atoms with E-state index in [1.165, 1.54) is 0 Å². The molecular formula is C18H26N2O4. The molecule has 132 valence electrons. The molecule has 0 spiro atoms. The van der Waals surface area contributed by atoms with Crippen molar-refractivity contribution in [1.29, 1.82) is 0 Å². The van der Waals surface area contributed by atoms with E-state index in [0.717, 1.165) is 24.2 Å². The van der Waals surface area contributed by atoms with Gasteiger partial charge in [0.1, 0.15) is 5.75 Å². The molecule has 0 N–H and O–H groups in total. The van der Waals surface area contributed by atoms with E-state index >= 15 is 0 Å². The molecule has 1 heterocycles. The summed E-state index contributed by atoms with van der Waals surface area (Å²) in [5.41, 5.74) is 1.68. The lowest BCUT2D eigenvalue weighted by molar-refractivity contribution is 0.0753. The molecule has 1 aliphatic rings. The van der Waals surface area contributed by atoms with E-state index in [4.69, 9.17) is 9.47 Å². The van der Waals surface area contributed by atoms with Gasteiger partial charge < -0.3 is 19.3 Å². The Bertz CT molecular complexity index is 588. The van der Waals surface area contributed by atoms with Crippen molar-refractivity contribution in [3.8, 4) is 5.75 Å². The van der Waals surface area contributed by atoms with Crippen LogP contribution in [0.2, 0.25) is 0 Å².